The number of nitrogens with zero attached hydrogens (tertiary/aromatic N) is 1. The average Bonchev–Trinajstić information content (AvgIpc) is 2.48. The number of rotatable bonds is 0. The van der Waals surface area contributed by atoms with Crippen molar-refractivity contribution in [3.05, 3.63) is 29.6 Å². The molecule has 0 saturated carbocycles. The van der Waals surface area contributed by atoms with Gasteiger partial charge in [0.1, 0.15) is 18.2 Å². The molecular weight excluding hydrogens is 221 g/mol. The molecule has 0 N–H and O–H groups in total. The third kappa shape index (κ3) is 1.77. The number of benzene rings is 1. The van der Waals surface area contributed by atoms with Gasteiger partial charge in [0.2, 0.25) is 0 Å². The van der Waals surface area contributed by atoms with Gasteiger partial charge in [-0.25, -0.2) is 4.39 Å². The summed E-state index contributed by atoms with van der Waals surface area (Å²) in [4.78, 5) is 14.2. The molecule has 0 aliphatic carbocycles. The molecule has 3 nitrogen and oxygen atoms in total. The van der Waals surface area contributed by atoms with E-state index in [2.05, 4.69) is 0 Å². The van der Waals surface area contributed by atoms with Gasteiger partial charge in [-0.05, 0) is 31.4 Å². The Kier molecular flexibility index (Phi) is 2.50. The fourth-order valence-corrected chi connectivity index (χ4v) is 2.57. The highest BCUT2D eigenvalue weighted by Gasteiger charge is 2.32. The van der Waals surface area contributed by atoms with E-state index in [0.29, 0.717) is 17.9 Å². The third-order valence-electron chi connectivity index (χ3n) is 3.49. The lowest BCUT2D eigenvalue weighted by Crippen LogP contribution is -2.45. The number of amides is 1. The van der Waals surface area contributed by atoms with Gasteiger partial charge in [-0.15, -0.1) is 0 Å². The van der Waals surface area contributed by atoms with Crippen LogP contribution in [-0.4, -0.2) is 30.0 Å². The molecule has 2 aliphatic rings. The van der Waals surface area contributed by atoms with Crippen LogP contribution >= 0.6 is 0 Å². The van der Waals surface area contributed by atoms with Crippen molar-refractivity contribution < 1.29 is 13.9 Å². The smallest absolute Gasteiger partial charge is 0.257 e. The number of halogens is 1. The number of piperidine rings is 1. The van der Waals surface area contributed by atoms with Crippen molar-refractivity contribution in [3.63, 3.8) is 0 Å². The third-order valence-corrected chi connectivity index (χ3v) is 3.49. The van der Waals surface area contributed by atoms with Gasteiger partial charge in [-0.1, -0.05) is 0 Å². The molecule has 1 saturated heterocycles. The Balaban J connectivity index is 2.00. The second-order valence-corrected chi connectivity index (χ2v) is 4.60. The zero-order chi connectivity index (χ0) is 11.8. The highest BCUT2D eigenvalue weighted by atomic mass is 19.1. The van der Waals surface area contributed by atoms with Crippen molar-refractivity contribution in [1.82, 2.24) is 4.90 Å². The molecule has 1 aromatic carbocycles. The molecule has 90 valence electrons. The van der Waals surface area contributed by atoms with Crippen molar-refractivity contribution >= 4 is 5.91 Å². The first kappa shape index (κ1) is 10.6. The highest BCUT2D eigenvalue weighted by molar-refractivity contribution is 5.97. The van der Waals surface area contributed by atoms with Crippen LogP contribution in [0.15, 0.2) is 18.2 Å². The second kappa shape index (κ2) is 4.02. The van der Waals surface area contributed by atoms with E-state index in [0.717, 1.165) is 25.8 Å². The van der Waals surface area contributed by atoms with Crippen LogP contribution in [0.2, 0.25) is 0 Å². The first-order valence-electron chi connectivity index (χ1n) is 5.99. The average molecular weight is 235 g/mol. The number of ether oxygens (including phenoxy) is 1. The minimum atomic E-state index is -0.364. The van der Waals surface area contributed by atoms with Crippen LogP contribution < -0.4 is 4.74 Å². The van der Waals surface area contributed by atoms with Crippen LogP contribution in [0, 0.1) is 5.82 Å². The summed E-state index contributed by atoms with van der Waals surface area (Å²) in [6.07, 6.45) is 3.14. The van der Waals surface area contributed by atoms with Crippen molar-refractivity contribution in [2.24, 2.45) is 0 Å². The summed E-state index contributed by atoms with van der Waals surface area (Å²) in [6.45, 7) is 1.26. The van der Waals surface area contributed by atoms with Crippen LogP contribution in [0.5, 0.6) is 5.75 Å². The van der Waals surface area contributed by atoms with Crippen LogP contribution in [0.4, 0.5) is 4.39 Å². The minimum Gasteiger partial charge on any atom is -0.490 e. The van der Waals surface area contributed by atoms with E-state index in [1.54, 1.807) is 0 Å². The summed E-state index contributed by atoms with van der Waals surface area (Å²) in [5.41, 5.74) is 0.482. The normalized spacial score (nSPS) is 23.5. The summed E-state index contributed by atoms with van der Waals surface area (Å²) in [7, 11) is 0. The topological polar surface area (TPSA) is 29.5 Å². The molecule has 0 radical (unpaired) electrons. The molecule has 0 bridgehead atoms. The van der Waals surface area contributed by atoms with Gasteiger partial charge in [-0.3, -0.25) is 4.79 Å². The molecule has 4 heteroatoms. The SMILES string of the molecule is O=C1c2ccc(F)cc2OCC2CCCCN12. The van der Waals surface area contributed by atoms with E-state index < -0.39 is 0 Å². The Labute approximate surface area is 99.2 Å². The number of carbonyl (C=O) groups is 1. The summed E-state index contributed by atoms with van der Waals surface area (Å²) >= 11 is 0. The van der Waals surface area contributed by atoms with E-state index in [1.165, 1.54) is 18.2 Å². The van der Waals surface area contributed by atoms with Gasteiger partial charge in [0, 0.05) is 12.6 Å². The Hall–Kier alpha value is -1.58. The van der Waals surface area contributed by atoms with Gasteiger partial charge < -0.3 is 9.64 Å². The maximum Gasteiger partial charge on any atom is 0.257 e. The summed E-state index contributed by atoms with van der Waals surface area (Å²) in [6, 6.07) is 4.27. The number of hydrogen-bond donors (Lipinski definition) is 0. The molecule has 2 heterocycles. The van der Waals surface area contributed by atoms with Gasteiger partial charge in [-0.2, -0.15) is 0 Å². The molecule has 1 fully saturated rings. The molecular formula is C13H14FNO2. The Morgan fingerprint density at radius 3 is 3.12 bits per heavy atom. The molecule has 1 unspecified atom stereocenters. The molecule has 1 amide bonds. The number of fused-ring (bicyclic) bond motifs is 2. The highest BCUT2D eigenvalue weighted by Crippen LogP contribution is 2.29. The molecule has 0 aromatic heterocycles. The van der Waals surface area contributed by atoms with Crippen LogP contribution in [0.1, 0.15) is 29.6 Å². The monoisotopic (exact) mass is 235 g/mol. The largest absolute Gasteiger partial charge is 0.490 e. The first-order chi connectivity index (χ1) is 8.25. The lowest BCUT2D eigenvalue weighted by molar-refractivity contribution is 0.0578. The quantitative estimate of drug-likeness (QED) is 0.690. The van der Waals surface area contributed by atoms with Gasteiger partial charge >= 0.3 is 0 Å². The van der Waals surface area contributed by atoms with E-state index in [1.807, 2.05) is 4.90 Å². The summed E-state index contributed by atoms with van der Waals surface area (Å²) < 4.78 is 18.7. The van der Waals surface area contributed by atoms with Crippen molar-refractivity contribution in [2.45, 2.75) is 25.3 Å². The number of hydrogen-bond acceptors (Lipinski definition) is 2. The van der Waals surface area contributed by atoms with Crippen LogP contribution in [0.25, 0.3) is 0 Å². The van der Waals surface area contributed by atoms with E-state index in [4.69, 9.17) is 4.74 Å². The molecule has 1 aromatic rings. The molecule has 0 spiro atoms. The van der Waals surface area contributed by atoms with E-state index in [-0.39, 0.29) is 17.8 Å². The van der Waals surface area contributed by atoms with Crippen LogP contribution in [0.3, 0.4) is 0 Å². The van der Waals surface area contributed by atoms with Gasteiger partial charge in [0.05, 0.1) is 11.6 Å². The zero-order valence-electron chi connectivity index (χ0n) is 9.49. The minimum absolute atomic E-state index is 0.0257. The number of carbonyl (C=O) groups excluding carboxylic acids is 1. The first-order valence-corrected chi connectivity index (χ1v) is 5.99. The van der Waals surface area contributed by atoms with Gasteiger partial charge in [0.25, 0.3) is 5.91 Å². The summed E-state index contributed by atoms with van der Waals surface area (Å²) in [5, 5.41) is 0. The molecule has 1 atom stereocenters. The fraction of sp³-hybridized carbons (Fsp3) is 0.462. The zero-order valence-corrected chi connectivity index (χ0v) is 9.49. The van der Waals surface area contributed by atoms with Gasteiger partial charge in [0.15, 0.2) is 0 Å². The Morgan fingerprint density at radius 2 is 2.24 bits per heavy atom. The van der Waals surface area contributed by atoms with Crippen molar-refractivity contribution in [3.8, 4) is 5.75 Å². The lowest BCUT2D eigenvalue weighted by atomic mass is 10.0. The van der Waals surface area contributed by atoms with E-state index in [9.17, 15) is 9.18 Å². The maximum atomic E-state index is 13.1. The standard InChI is InChI=1S/C13H14FNO2/c14-9-4-5-11-12(7-9)17-8-10-3-1-2-6-15(10)13(11)16/h4-5,7,10H,1-3,6,8H2. The van der Waals surface area contributed by atoms with E-state index >= 15 is 0 Å². The summed E-state index contributed by atoms with van der Waals surface area (Å²) in [5.74, 6) is -0.0111. The van der Waals surface area contributed by atoms with Crippen LogP contribution in [-0.2, 0) is 0 Å². The molecule has 17 heavy (non-hydrogen) atoms. The lowest BCUT2D eigenvalue weighted by Gasteiger charge is -2.33. The Morgan fingerprint density at radius 1 is 1.35 bits per heavy atom. The van der Waals surface area contributed by atoms with Crippen molar-refractivity contribution in [1.29, 1.82) is 0 Å². The Bertz CT molecular complexity index is 461. The second-order valence-electron chi connectivity index (χ2n) is 4.60. The molecule has 3 rings (SSSR count). The molecule has 2 aliphatic heterocycles. The fourth-order valence-electron chi connectivity index (χ4n) is 2.57. The predicted octanol–water partition coefficient (Wildman–Crippen LogP) is 2.21. The van der Waals surface area contributed by atoms with Crippen molar-refractivity contribution in [2.75, 3.05) is 13.2 Å². The maximum absolute atomic E-state index is 13.1. The predicted molar refractivity (Wildman–Crippen MR) is 60.6 cm³/mol.